The monoisotopic (exact) mass is 350 g/mol. The normalized spacial score (nSPS) is 11.5. The standard InChI is InChI=1S/C16H18N2O5S/c1-12-13(5-4-6-16(12)18(19)20)11-17(2)24(21,22)15-9-7-14(23-3)8-10-15/h4-10H,11H2,1-3H3. The van der Waals surface area contributed by atoms with Gasteiger partial charge < -0.3 is 4.74 Å². The maximum absolute atomic E-state index is 12.6. The lowest BCUT2D eigenvalue weighted by Crippen LogP contribution is -2.26. The minimum absolute atomic E-state index is 0.0252. The van der Waals surface area contributed by atoms with Crippen LogP contribution < -0.4 is 4.74 Å². The van der Waals surface area contributed by atoms with Gasteiger partial charge in [0, 0.05) is 25.2 Å². The fourth-order valence-electron chi connectivity index (χ4n) is 2.29. The molecular formula is C16H18N2O5S. The number of methoxy groups -OCH3 is 1. The van der Waals surface area contributed by atoms with Crippen molar-refractivity contribution in [3.8, 4) is 5.75 Å². The van der Waals surface area contributed by atoms with Crippen molar-refractivity contribution in [3.63, 3.8) is 0 Å². The van der Waals surface area contributed by atoms with Crippen molar-refractivity contribution in [1.29, 1.82) is 0 Å². The second kappa shape index (κ2) is 6.98. The molecule has 8 heteroatoms. The van der Waals surface area contributed by atoms with E-state index in [0.717, 1.165) is 0 Å². The van der Waals surface area contributed by atoms with Gasteiger partial charge in [0.05, 0.1) is 16.9 Å². The number of benzene rings is 2. The SMILES string of the molecule is COc1ccc(S(=O)(=O)N(C)Cc2cccc([N+](=O)[O-])c2C)cc1. The summed E-state index contributed by atoms with van der Waals surface area (Å²) in [5.41, 5.74) is 1.02. The van der Waals surface area contributed by atoms with E-state index in [1.54, 1.807) is 31.2 Å². The molecule has 2 aromatic carbocycles. The number of nitrogens with zero attached hydrogens (tertiary/aromatic N) is 2. The topological polar surface area (TPSA) is 89.8 Å². The summed E-state index contributed by atoms with van der Waals surface area (Å²) in [5, 5.41) is 11.0. The average molecular weight is 350 g/mol. The third kappa shape index (κ3) is 3.55. The van der Waals surface area contributed by atoms with Crippen LogP contribution in [0.2, 0.25) is 0 Å². The number of sulfonamides is 1. The summed E-state index contributed by atoms with van der Waals surface area (Å²) in [4.78, 5) is 10.7. The van der Waals surface area contributed by atoms with Crippen LogP contribution >= 0.6 is 0 Å². The molecule has 0 radical (unpaired) electrons. The molecule has 0 bridgehead atoms. The molecule has 0 amide bonds. The second-order valence-electron chi connectivity index (χ2n) is 5.25. The molecule has 0 fully saturated rings. The number of nitro groups is 1. The quantitative estimate of drug-likeness (QED) is 0.590. The van der Waals surface area contributed by atoms with Gasteiger partial charge >= 0.3 is 0 Å². The zero-order chi connectivity index (χ0) is 17.9. The maximum atomic E-state index is 12.6. The Labute approximate surface area is 140 Å². The first-order valence-electron chi connectivity index (χ1n) is 7.10. The molecule has 0 unspecified atom stereocenters. The highest BCUT2D eigenvalue weighted by atomic mass is 32.2. The van der Waals surface area contributed by atoms with Crippen molar-refractivity contribution >= 4 is 15.7 Å². The van der Waals surface area contributed by atoms with Gasteiger partial charge in [0.25, 0.3) is 5.69 Å². The first kappa shape index (κ1) is 17.9. The minimum atomic E-state index is -3.70. The molecule has 0 saturated heterocycles. The van der Waals surface area contributed by atoms with E-state index < -0.39 is 14.9 Å². The van der Waals surface area contributed by atoms with Gasteiger partial charge in [0.2, 0.25) is 10.0 Å². The Morgan fingerprint density at radius 2 is 1.79 bits per heavy atom. The summed E-state index contributed by atoms with van der Waals surface area (Å²) in [7, 11) is -0.761. The number of hydrogen-bond acceptors (Lipinski definition) is 5. The van der Waals surface area contributed by atoms with Gasteiger partial charge in [-0.2, -0.15) is 4.31 Å². The van der Waals surface area contributed by atoms with E-state index in [9.17, 15) is 18.5 Å². The number of hydrogen-bond donors (Lipinski definition) is 0. The van der Waals surface area contributed by atoms with Crippen molar-refractivity contribution in [2.24, 2.45) is 0 Å². The predicted molar refractivity (Wildman–Crippen MR) is 89.5 cm³/mol. The largest absolute Gasteiger partial charge is 0.497 e. The van der Waals surface area contributed by atoms with Crippen LogP contribution in [-0.2, 0) is 16.6 Å². The Kier molecular flexibility index (Phi) is 5.20. The fourth-order valence-corrected chi connectivity index (χ4v) is 3.44. The van der Waals surface area contributed by atoms with E-state index in [0.29, 0.717) is 16.9 Å². The number of nitro benzene ring substituents is 1. The van der Waals surface area contributed by atoms with Crippen molar-refractivity contribution in [1.82, 2.24) is 4.31 Å². The van der Waals surface area contributed by atoms with E-state index in [4.69, 9.17) is 4.74 Å². The Bertz CT molecular complexity index is 847. The highest BCUT2D eigenvalue weighted by Crippen LogP contribution is 2.24. The first-order valence-corrected chi connectivity index (χ1v) is 8.54. The molecule has 0 N–H and O–H groups in total. The van der Waals surface area contributed by atoms with Gasteiger partial charge in [0.1, 0.15) is 5.75 Å². The van der Waals surface area contributed by atoms with Crippen molar-refractivity contribution in [2.45, 2.75) is 18.4 Å². The summed E-state index contributed by atoms with van der Waals surface area (Å²) in [6.45, 7) is 1.66. The Morgan fingerprint density at radius 3 is 2.33 bits per heavy atom. The predicted octanol–water partition coefficient (Wildman–Crippen LogP) is 2.73. The van der Waals surface area contributed by atoms with Crippen LogP contribution in [0.5, 0.6) is 5.75 Å². The summed E-state index contributed by atoms with van der Waals surface area (Å²) in [5.74, 6) is 0.561. The van der Waals surface area contributed by atoms with E-state index in [1.165, 1.54) is 36.7 Å². The summed E-state index contributed by atoms with van der Waals surface area (Å²) >= 11 is 0. The maximum Gasteiger partial charge on any atom is 0.272 e. The van der Waals surface area contributed by atoms with Crippen LogP contribution in [0, 0.1) is 17.0 Å². The summed E-state index contributed by atoms with van der Waals surface area (Å²) < 4.78 is 31.4. The zero-order valence-corrected chi connectivity index (χ0v) is 14.4. The third-order valence-electron chi connectivity index (χ3n) is 3.77. The van der Waals surface area contributed by atoms with Crippen LogP contribution in [0.3, 0.4) is 0 Å². The molecule has 0 aromatic heterocycles. The zero-order valence-electron chi connectivity index (χ0n) is 13.6. The lowest BCUT2D eigenvalue weighted by molar-refractivity contribution is -0.385. The summed E-state index contributed by atoms with van der Waals surface area (Å²) in [6.07, 6.45) is 0. The first-order chi connectivity index (χ1) is 11.3. The molecule has 24 heavy (non-hydrogen) atoms. The molecule has 0 saturated carbocycles. The molecule has 128 valence electrons. The van der Waals surface area contributed by atoms with Crippen molar-refractivity contribution in [3.05, 3.63) is 63.7 Å². The van der Waals surface area contributed by atoms with Crippen LogP contribution in [0.15, 0.2) is 47.4 Å². The van der Waals surface area contributed by atoms with Gasteiger partial charge in [-0.1, -0.05) is 12.1 Å². The molecule has 0 aliphatic heterocycles. The van der Waals surface area contributed by atoms with Gasteiger partial charge in [0.15, 0.2) is 0 Å². The van der Waals surface area contributed by atoms with E-state index in [2.05, 4.69) is 0 Å². The molecule has 2 rings (SSSR count). The van der Waals surface area contributed by atoms with Crippen molar-refractivity contribution < 1.29 is 18.1 Å². The van der Waals surface area contributed by atoms with Gasteiger partial charge in [-0.3, -0.25) is 10.1 Å². The van der Waals surface area contributed by atoms with Crippen LogP contribution in [-0.4, -0.2) is 31.8 Å². The van der Waals surface area contributed by atoms with Crippen molar-refractivity contribution in [2.75, 3.05) is 14.2 Å². The van der Waals surface area contributed by atoms with Gasteiger partial charge in [-0.05, 0) is 36.8 Å². The van der Waals surface area contributed by atoms with Crippen LogP contribution in [0.1, 0.15) is 11.1 Å². The third-order valence-corrected chi connectivity index (χ3v) is 5.59. The molecule has 0 aliphatic rings. The minimum Gasteiger partial charge on any atom is -0.497 e. The van der Waals surface area contributed by atoms with E-state index >= 15 is 0 Å². The lowest BCUT2D eigenvalue weighted by Gasteiger charge is -2.18. The highest BCUT2D eigenvalue weighted by Gasteiger charge is 2.23. The fraction of sp³-hybridized carbons (Fsp3) is 0.250. The molecule has 2 aromatic rings. The van der Waals surface area contributed by atoms with Gasteiger partial charge in [-0.25, -0.2) is 8.42 Å². The molecule has 0 heterocycles. The Balaban J connectivity index is 2.29. The average Bonchev–Trinajstić information content (AvgIpc) is 2.56. The molecular weight excluding hydrogens is 332 g/mol. The summed E-state index contributed by atoms with van der Waals surface area (Å²) in [6, 6.07) is 10.7. The van der Waals surface area contributed by atoms with Crippen LogP contribution in [0.25, 0.3) is 0 Å². The van der Waals surface area contributed by atoms with Crippen LogP contribution in [0.4, 0.5) is 5.69 Å². The molecule has 0 atom stereocenters. The number of ether oxygens (including phenoxy) is 1. The van der Waals surface area contributed by atoms with E-state index in [-0.39, 0.29) is 17.1 Å². The van der Waals surface area contributed by atoms with E-state index in [1.807, 2.05) is 0 Å². The number of rotatable bonds is 6. The molecule has 0 spiro atoms. The molecule has 7 nitrogen and oxygen atoms in total. The second-order valence-corrected chi connectivity index (χ2v) is 7.30. The smallest absolute Gasteiger partial charge is 0.272 e. The van der Waals surface area contributed by atoms with Gasteiger partial charge in [-0.15, -0.1) is 0 Å². The lowest BCUT2D eigenvalue weighted by atomic mass is 10.1. The molecule has 0 aliphatic carbocycles. The Morgan fingerprint density at radius 1 is 1.17 bits per heavy atom. The highest BCUT2D eigenvalue weighted by molar-refractivity contribution is 7.89. The Hall–Kier alpha value is -2.45.